The van der Waals surface area contributed by atoms with E-state index in [-0.39, 0.29) is 17.2 Å². The van der Waals surface area contributed by atoms with Gasteiger partial charge in [-0.2, -0.15) is 0 Å². The first-order valence-electron chi connectivity index (χ1n) is 8.52. The van der Waals surface area contributed by atoms with Gasteiger partial charge in [0.05, 0.1) is 11.1 Å². The number of hydrogen-bond donors (Lipinski definition) is 1. The topological polar surface area (TPSA) is 63.6 Å². The molecule has 1 fully saturated rings. The fourth-order valence-electron chi connectivity index (χ4n) is 3.36. The molecule has 0 amide bonds. The molecule has 1 aromatic carbocycles. The van der Waals surface area contributed by atoms with Crippen LogP contribution in [0.2, 0.25) is 0 Å². The van der Waals surface area contributed by atoms with Gasteiger partial charge < -0.3 is 9.84 Å². The zero-order valence-corrected chi connectivity index (χ0v) is 14.0. The average molecular weight is 318 g/mol. The van der Waals surface area contributed by atoms with Crippen molar-refractivity contribution in [2.24, 2.45) is 11.8 Å². The smallest absolute Gasteiger partial charge is 0.339 e. The van der Waals surface area contributed by atoms with Gasteiger partial charge in [0.2, 0.25) is 0 Å². The van der Waals surface area contributed by atoms with E-state index in [1.165, 1.54) is 31.4 Å². The van der Waals surface area contributed by atoms with Gasteiger partial charge in [0.15, 0.2) is 0 Å². The van der Waals surface area contributed by atoms with Gasteiger partial charge in [-0.1, -0.05) is 45.2 Å². The van der Waals surface area contributed by atoms with Crippen molar-refractivity contribution in [1.29, 1.82) is 0 Å². The first-order chi connectivity index (χ1) is 11.0. The van der Waals surface area contributed by atoms with Crippen molar-refractivity contribution < 1.29 is 19.4 Å². The molecule has 4 nitrogen and oxygen atoms in total. The number of carbonyl (C=O) groups is 2. The quantitative estimate of drug-likeness (QED) is 0.782. The standard InChI is InChI=1S/C19H26O4/c1-13(2)12-17(14-8-4-3-5-9-14)23-19(22)16-11-7-6-10-15(16)18(20)21/h6-7,10-11,13-14,17H,3-5,8-9,12H2,1-2H3,(H,20,21)/t17-/m0/s1. The van der Waals surface area contributed by atoms with Crippen LogP contribution in [0.15, 0.2) is 24.3 Å². The van der Waals surface area contributed by atoms with E-state index in [0.717, 1.165) is 19.3 Å². The molecule has 1 aliphatic carbocycles. The molecule has 0 bridgehead atoms. The van der Waals surface area contributed by atoms with Crippen LogP contribution in [0.4, 0.5) is 0 Å². The lowest BCUT2D eigenvalue weighted by molar-refractivity contribution is 0.000396. The molecule has 1 aliphatic rings. The largest absolute Gasteiger partial charge is 0.478 e. The monoisotopic (exact) mass is 318 g/mol. The van der Waals surface area contributed by atoms with E-state index in [0.29, 0.717) is 11.8 Å². The molecular formula is C19H26O4. The summed E-state index contributed by atoms with van der Waals surface area (Å²) in [5.41, 5.74) is 0.147. The van der Waals surface area contributed by atoms with Crippen molar-refractivity contribution in [3.05, 3.63) is 35.4 Å². The normalized spacial score (nSPS) is 17.0. The minimum absolute atomic E-state index is 0.00411. The molecule has 0 spiro atoms. The predicted octanol–water partition coefficient (Wildman–Crippen LogP) is 4.54. The Kier molecular flexibility index (Phi) is 6.20. The molecule has 0 radical (unpaired) electrons. The van der Waals surface area contributed by atoms with Gasteiger partial charge in [-0.3, -0.25) is 0 Å². The Hall–Kier alpha value is -1.84. The van der Waals surface area contributed by atoms with E-state index in [9.17, 15) is 14.7 Å². The van der Waals surface area contributed by atoms with Crippen molar-refractivity contribution >= 4 is 11.9 Å². The van der Waals surface area contributed by atoms with Gasteiger partial charge in [0.1, 0.15) is 6.10 Å². The summed E-state index contributed by atoms with van der Waals surface area (Å²) in [5.74, 6) is -0.786. The molecule has 0 saturated heterocycles. The van der Waals surface area contributed by atoms with Gasteiger partial charge >= 0.3 is 11.9 Å². The molecule has 23 heavy (non-hydrogen) atoms. The molecular weight excluding hydrogens is 292 g/mol. The molecule has 1 N–H and O–H groups in total. The third kappa shape index (κ3) is 4.81. The Bertz CT molecular complexity index is 544. The van der Waals surface area contributed by atoms with Gasteiger partial charge in [-0.05, 0) is 43.2 Å². The number of carboxylic acids is 1. The van der Waals surface area contributed by atoms with Crippen LogP contribution in [0.5, 0.6) is 0 Å². The molecule has 1 atom stereocenters. The van der Waals surface area contributed by atoms with E-state index in [2.05, 4.69) is 13.8 Å². The van der Waals surface area contributed by atoms with Crippen molar-refractivity contribution in [2.75, 3.05) is 0 Å². The van der Waals surface area contributed by atoms with E-state index < -0.39 is 11.9 Å². The first kappa shape index (κ1) is 17.5. The maximum atomic E-state index is 12.5. The molecule has 1 saturated carbocycles. The Morgan fingerprint density at radius 2 is 1.74 bits per heavy atom. The van der Waals surface area contributed by atoms with Crippen molar-refractivity contribution in [2.45, 2.75) is 58.5 Å². The number of carboxylic acid groups (broad SMARTS) is 1. The van der Waals surface area contributed by atoms with Crippen LogP contribution in [0.25, 0.3) is 0 Å². The Morgan fingerprint density at radius 3 is 2.30 bits per heavy atom. The molecule has 0 aromatic heterocycles. The number of benzene rings is 1. The highest BCUT2D eigenvalue weighted by Crippen LogP contribution is 2.31. The summed E-state index contributed by atoms with van der Waals surface area (Å²) in [4.78, 5) is 23.8. The van der Waals surface area contributed by atoms with E-state index in [4.69, 9.17) is 4.74 Å². The number of rotatable bonds is 6. The molecule has 0 heterocycles. The van der Waals surface area contributed by atoms with Gasteiger partial charge in [0, 0.05) is 0 Å². The summed E-state index contributed by atoms with van der Waals surface area (Å²) in [7, 11) is 0. The van der Waals surface area contributed by atoms with Crippen LogP contribution in [-0.4, -0.2) is 23.1 Å². The fourth-order valence-corrected chi connectivity index (χ4v) is 3.36. The molecule has 1 aromatic rings. The predicted molar refractivity (Wildman–Crippen MR) is 88.6 cm³/mol. The van der Waals surface area contributed by atoms with Crippen LogP contribution in [0.1, 0.15) is 73.1 Å². The van der Waals surface area contributed by atoms with Crippen LogP contribution in [-0.2, 0) is 4.74 Å². The number of esters is 1. The average Bonchev–Trinajstić information content (AvgIpc) is 2.54. The van der Waals surface area contributed by atoms with Gasteiger partial charge in [-0.25, -0.2) is 9.59 Å². The highest BCUT2D eigenvalue weighted by atomic mass is 16.5. The van der Waals surface area contributed by atoms with Crippen LogP contribution >= 0.6 is 0 Å². The second kappa shape index (κ2) is 8.14. The Morgan fingerprint density at radius 1 is 1.13 bits per heavy atom. The van der Waals surface area contributed by atoms with Crippen LogP contribution < -0.4 is 0 Å². The lowest BCUT2D eigenvalue weighted by Crippen LogP contribution is -2.30. The molecule has 126 valence electrons. The van der Waals surface area contributed by atoms with Gasteiger partial charge in [-0.15, -0.1) is 0 Å². The second-order valence-electron chi connectivity index (χ2n) is 6.82. The SMILES string of the molecule is CC(C)C[C@H](OC(=O)c1ccccc1C(=O)O)C1CCCCC1. The number of carbonyl (C=O) groups excluding carboxylic acids is 1. The highest BCUT2D eigenvalue weighted by molar-refractivity contribution is 6.02. The van der Waals surface area contributed by atoms with E-state index >= 15 is 0 Å². The third-order valence-electron chi connectivity index (χ3n) is 4.52. The first-order valence-corrected chi connectivity index (χ1v) is 8.52. The summed E-state index contributed by atoms with van der Waals surface area (Å²) in [6, 6.07) is 6.25. The summed E-state index contributed by atoms with van der Waals surface area (Å²) in [6.45, 7) is 4.24. The van der Waals surface area contributed by atoms with Crippen LogP contribution in [0.3, 0.4) is 0 Å². The highest BCUT2D eigenvalue weighted by Gasteiger charge is 2.29. The zero-order chi connectivity index (χ0) is 16.8. The minimum Gasteiger partial charge on any atom is -0.478 e. The number of ether oxygens (including phenoxy) is 1. The maximum Gasteiger partial charge on any atom is 0.339 e. The maximum absolute atomic E-state index is 12.5. The molecule has 2 rings (SSSR count). The molecule has 0 aliphatic heterocycles. The minimum atomic E-state index is -1.10. The third-order valence-corrected chi connectivity index (χ3v) is 4.52. The van der Waals surface area contributed by atoms with Gasteiger partial charge in [0.25, 0.3) is 0 Å². The molecule has 4 heteroatoms. The number of aromatic carboxylic acids is 1. The van der Waals surface area contributed by atoms with E-state index in [1.807, 2.05) is 0 Å². The second-order valence-corrected chi connectivity index (χ2v) is 6.82. The lowest BCUT2D eigenvalue weighted by atomic mass is 9.82. The van der Waals surface area contributed by atoms with Crippen molar-refractivity contribution in [1.82, 2.24) is 0 Å². The van der Waals surface area contributed by atoms with E-state index in [1.54, 1.807) is 12.1 Å². The van der Waals surface area contributed by atoms with Crippen molar-refractivity contribution in [3.63, 3.8) is 0 Å². The summed E-state index contributed by atoms with van der Waals surface area (Å²) in [5, 5.41) is 9.24. The summed E-state index contributed by atoms with van der Waals surface area (Å²) < 4.78 is 5.78. The Balaban J connectivity index is 2.15. The molecule has 0 unspecified atom stereocenters. The van der Waals surface area contributed by atoms with Crippen LogP contribution in [0, 0.1) is 11.8 Å². The van der Waals surface area contributed by atoms with Crippen molar-refractivity contribution in [3.8, 4) is 0 Å². The zero-order valence-electron chi connectivity index (χ0n) is 14.0. The fraction of sp³-hybridized carbons (Fsp3) is 0.579. The summed E-state index contributed by atoms with van der Waals surface area (Å²) in [6.07, 6.45) is 6.50. The lowest BCUT2D eigenvalue weighted by Gasteiger charge is -2.31. The number of hydrogen-bond acceptors (Lipinski definition) is 3. The summed E-state index contributed by atoms with van der Waals surface area (Å²) >= 11 is 0. The Labute approximate surface area is 137 Å².